The summed E-state index contributed by atoms with van der Waals surface area (Å²) in [6.45, 7) is 11.2. The molecule has 0 aliphatic carbocycles. The molecule has 322 valence electrons. The Morgan fingerprint density at radius 2 is 0.641 bits per heavy atom. The Morgan fingerprint density at radius 3 is 0.969 bits per heavy atom. The molecule has 0 heterocycles. The second kappa shape index (κ2) is 21.5. The summed E-state index contributed by atoms with van der Waals surface area (Å²) in [5, 5.41) is 0. The van der Waals surface area contributed by atoms with E-state index in [1.54, 1.807) is 0 Å². The quantitative estimate of drug-likeness (QED) is 0.0597. The van der Waals surface area contributed by atoms with Crippen LogP contribution in [-0.2, 0) is 32.2 Å². The lowest BCUT2D eigenvalue weighted by Gasteiger charge is -2.28. The third kappa shape index (κ3) is 10.7. The van der Waals surface area contributed by atoms with Crippen LogP contribution in [0.25, 0.3) is 33.4 Å². The van der Waals surface area contributed by atoms with Crippen LogP contribution in [0, 0.1) is 13.8 Å². The standard InChI is InChI=1S/C58H56N2O4/c1-5-61-41-63-39-45-17-27-53(28-18-45)59(55-31-21-49(22-32-55)47-13-9-7-10-14-47)57-35-25-51(37-43(57)3)52-26-36-58(44(4)38-52)60(54-29-19-46(20-30-54)40-64-42-62-6-2)56-33-23-50(24-34-56)48-15-11-8-12-16-48/h7-38H,5-6,39-42H2,1-4H3. The van der Waals surface area contributed by atoms with Crippen molar-refractivity contribution >= 4 is 34.1 Å². The van der Waals surface area contributed by atoms with Crippen LogP contribution in [0.15, 0.2) is 194 Å². The monoisotopic (exact) mass is 844 g/mol. The second-order valence-corrected chi connectivity index (χ2v) is 15.8. The molecule has 8 rings (SSSR count). The Bertz CT molecular complexity index is 2490. The lowest BCUT2D eigenvalue weighted by molar-refractivity contribution is -0.0573. The number of aryl methyl sites for hydroxylation is 2. The Morgan fingerprint density at radius 1 is 0.328 bits per heavy atom. The van der Waals surface area contributed by atoms with Crippen molar-refractivity contribution in [3.63, 3.8) is 0 Å². The van der Waals surface area contributed by atoms with E-state index in [2.05, 4.69) is 218 Å². The lowest BCUT2D eigenvalue weighted by atomic mass is 9.98. The minimum absolute atomic E-state index is 0.285. The first kappa shape index (κ1) is 43.8. The molecule has 0 bridgehead atoms. The van der Waals surface area contributed by atoms with Crippen molar-refractivity contribution in [2.75, 3.05) is 36.6 Å². The number of hydrogen-bond acceptors (Lipinski definition) is 6. The Labute approximate surface area is 378 Å². The molecule has 0 atom stereocenters. The van der Waals surface area contributed by atoms with E-state index in [1.807, 2.05) is 13.8 Å². The van der Waals surface area contributed by atoms with Crippen molar-refractivity contribution in [3.05, 3.63) is 216 Å². The van der Waals surface area contributed by atoms with Gasteiger partial charge in [-0.2, -0.15) is 0 Å². The summed E-state index contributed by atoms with van der Waals surface area (Å²) >= 11 is 0. The predicted molar refractivity (Wildman–Crippen MR) is 264 cm³/mol. The zero-order valence-electron chi connectivity index (χ0n) is 37.2. The fraction of sp³-hybridized carbons (Fsp3) is 0.172. The number of nitrogens with zero attached hydrogens (tertiary/aromatic N) is 2. The maximum Gasteiger partial charge on any atom is 0.147 e. The number of benzene rings is 8. The van der Waals surface area contributed by atoms with Gasteiger partial charge >= 0.3 is 0 Å². The fourth-order valence-corrected chi connectivity index (χ4v) is 7.98. The summed E-state index contributed by atoms with van der Waals surface area (Å²) in [7, 11) is 0. The van der Waals surface area contributed by atoms with Crippen molar-refractivity contribution in [2.45, 2.75) is 40.9 Å². The first-order valence-corrected chi connectivity index (χ1v) is 22.1. The number of hydrogen-bond donors (Lipinski definition) is 0. The molecular formula is C58H56N2O4. The summed E-state index contributed by atoms with van der Waals surface area (Å²) in [5.74, 6) is 0. The third-order valence-corrected chi connectivity index (χ3v) is 11.3. The van der Waals surface area contributed by atoms with Gasteiger partial charge in [0.1, 0.15) is 13.6 Å². The van der Waals surface area contributed by atoms with Gasteiger partial charge in [0, 0.05) is 47.3 Å². The molecule has 6 heteroatoms. The van der Waals surface area contributed by atoms with Gasteiger partial charge in [-0.05, 0) is 156 Å². The van der Waals surface area contributed by atoms with Crippen molar-refractivity contribution in [1.29, 1.82) is 0 Å². The first-order chi connectivity index (χ1) is 31.5. The van der Waals surface area contributed by atoms with E-state index in [0.717, 1.165) is 56.4 Å². The van der Waals surface area contributed by atoms with E-state index in [1.165, 1.54) is 33.4 Å². The van der Waals surface area contributed by atoms with Gasteiger partial charge in [0.15, 0.2) is 0 Å². The summed E-state index contributed by atoms with van der Waals surface area (Å²) in [6.07, 6.45) is 0. The number of ether oxygens (including phenoxy) is 4. The topological polar surface area (TPSA) is 43.4 Å². The van der Waals surface area contributed by atoms with Crippen LogP contribution >= 0.6 is 0 Å². The Balaban J connectivity index is 1.10. The minimum atomic E-state index is 0.285. The maximum absolute atomic E-state index is 5.73. The summed E-state index contributed by atoms with van der Waals surface area (Å²) in [6, 6.07) is 69.5. The summed E-state index contributed by atoms with van der Waals surface area (Å²) < 4.78 is 22.2. The molecule has 0 saturated carbocycles. The highest BCUT2D eigenvalue weighted by Crippen LogP contribution is 2.42. The van der Waals surface area contributed by atoms with Crippen molar-refractivity contribution in [3.8, 4) is 33.4 Å². The molecular weight excluding hydrogens is 789 g/mol. The summed E-state index contributed by atoms with van der Waals surface area (Å²) in [4.78, 5) is 4.68. The van der Waals surface area contributed by atoms with Gasteiger partial charge in [-0.3, -0.25) is 0 Å². The van der Waals surface area contributed by atoms with Crippen LogP contribution < -0.4 is 9.80 Å². The van der Waals surface area contributed by atoms with Crippen LogP contribution in [-0.4, -0.2) is 26.8 Å². The molecule has 8 aromatic rings. The molecule has 0 fully saturated rings. The van der Waals surface area contributed by atoms with Gasteiger partial charge in [0.05, 0.1) is 13.2 Å². The highest BCUT2D eigenvalue weighted by atomic mass is 16.7. The molecule has 6 nitrogen and oxygen atoms in total. The second-order valence-electron chi connectivity index (χ2n) is 15.8. The molecule has 0 spiro atoms. The van der Waals surface area contributed by atoms with E-state index < -0.39 is 0 Å². The zero-order valence-corrected chi connectivity index (χ0v) is 37.2. The zero-order chi connectivity index (χ0) is 44.1. The highest BCUT2D eigenvalue weighted by Gasteiger charge is 2.19. The van der Waals surface area contributed by atoms with Gasteiger partial charge in [-0.25, -0.2) is 0 Å². The third-order valence-electron chi connectivity index (χ3n) is 11.3. The number of rotatable bonds is 19. The van der Waals surface area contributed by atoms with Gasteiger partial charge in [-0.15, -0.1) is 0 Å². The van der Waals surface area contributed by atoms with Crippen LogP contribution in [0.2, 0.25) is 0 Å². The molecule has 0 unspecified atom stereocenters. The molecule has 0 aromatic heterocycles. The molecule has 0 amide bonds. The molecule has 64 heavy (non-hydrogen) atoms. The first-order valence-electron chi connectivity index (χ1n) is 22.1. The molecule has 0 saturated heterocycles. The Hall–Kier alpha value is -6.80. The van der Waals surface area contributed by atoms with Gasteiger partial charge in [-0.1, -0.05) is 121 Å². The maximum atomic E-state index is 5.73. The average Bonchev–Trinajstić information content (AvgIpc) is 3.35. The average molecular weight is 845 g/mol. The summed E-state index contributed by atoms with van der Waals surface area (Å²) in [5.41, 5.74) is 18.1. The van der Waals surface area contributed by atoms with Crippen LogP contribution in [0.5, 0.6) is 0 Å². The smallest absolute Gasteiger partial charge is 0.147 e. The minimum Gasteiger partial charge on any atom is -0.356 e. The van der Waals surface area contributed by atoms with Crippen LogP contribution in [0.1, 0.15) is 36.1 Å². The van der Waals surface area contributed by atoms with E-state index in [-0.39, 0.29) is 13.6 Å². The normalized spacial score (nSPS) is 11.1. The van der Waals surface area contributed by atoms with Crippen molar-refractivity contribution in [2.24, 2.45) is 0 Å². The molecule has 0 radical (unpaired) electrons. The molecule has 0 aliphatic heterocycles. The van der Waals surface area contributed by atoms with Crippen LogP contribution in [0.3, 0.4) is 0 Å². The molecule has 0 aliphatic rings. The van der Waals surface area contributed by atoms with E-state index in [0.29, 0.717) is 26.4 Å². The van der Waals surface area contributed by atoms with Crippen LogP contribution in [0.4, 0.5) is 34.1 Å². The number of anilines is 6. The van der Waals surface area contributed by atoms with Crippen molar-refractivity contribution in [1.82, 2.24) is 0 Å². The largest absolute Gasteiger partial charge is 0.356 e. The molecule has 0 N–H and O–H groups in total. The van der Waals surface area contributed by atoms with Gasteiger partial charge < -0.3 is 28.7 Å². The SMILES string of the molecule is CCOCOCc1ccc(N(c2ccc(-c3ccccc3)cc2)c2ccc(-c3ccc(N(c4ccc(COCOCC)cc4)c4ccc(-c5ccccc5)cc4)c(C)c3)cc2C)cc1. The van der Waals surface area contributed by atoms with E-state index in [9.17, 15) is 0 Å². The highest BCUT2D eigenvalue weighted by molar-refractivity contribution is 5.84. The fourth-order valence-electron chi connectivity index (χ4n) is 7.98. The Kier molecular flexibility index (Phi) is 14.7. The van der Waals surface area contributed by atoms with Gasteiger partial charge in [0.25, 0.3) is 0 Å². The predicted octanol–water partition coefficient (Wildman–Crippen LogP) is 15.3. The van der Waals surface area contributed by atoms with Crippen molar-refractivity contribution < 1.29 is 18.9 Å². The van der Waals surface area contributed by atoms with E-state index in [4.69, 9.17) is 18.9 Å². The molecule has 8 aromatic carbocycles. The lowest BCUT2D eigenvalue weighted by Crippen LogP contribution is -2.12. The van der Waals surface area contributed by atoms with E-state index >= 15 is 0 Å². The van der Waals surface area contributed by atoms with Gasteiger partial charge in [0.2, 0.25) is 0 Å².